The highest BCUT2D eigenvalue weighted by Crippen LogP contribution is 2.32. The minimum absolute atomic E-state index is 0.106. The molecule has 1 heterocycles. The molecule has 138 valence electrons. The van der Waals surface area contributed by atoms with Gasteiger partial charge in [-0.05, 0) is 29.8 Å². The SMILES string of the molecule is O=C(CCN1C(=O)C(=Cc2ccccc2)SC1=S)Nc1cc(Cl)cc(Cl)c1. The molecule has 2 amide bonds. The smallest absolute Gasteiger partial charge is 0.266 e. The Bertz CT molecular complexity index is 912. The van der Waals surface area contributed by atoms with Crippen LogP contribution in [0.1, 0.15) is 12.0 Å². The summed E-state index contributed by atoms with van der Waals surface area (Å²) in [4.78, 5) is 26.7. The van der Waals surface area contributed by atoms with Gasteiger partial charge in [0.1, 0.15) is 4.32 Å². The summed E-state index contributed by atoms with van der Waals surface area (Å²) >= 11 is 18.4. The third-order valence-corrected chi connectivity index (χ3v) is 5.49. The second kappa shape index (κ2) is 8.89. The molecule has 0 unspecified atom stereocenters. The monoisotopic (exact) mass is 436 g/mol. The maximum atomic E-state index is 12.6. The lowest BCUT2D eigenvalue weighted by molar-refractivity contribution is -0.122. The van der Waals surface area contributed by atoms with Gasteiger partial charge in [0.25, 0.3) is 5.91 Å². The van der Waals surface area contributed by atoms with Crippen molar-refractivity contribution in [2.45, 2.75) is 6.42 Å². The highest BCUT2D eigenvalue weighted by molar-refractivity contribution is 8.26. The summed E-state index contributed by atoms with van der Waals surface area (Å²) in [6, 6.07) is 14.3. The van der Waals surface area contributed by atoms with Crippen LogP contribution in [0, 0.1) is 0 Å². The van der Waals surface area contributed by atoms with Gasteiger partial charge in [-0.3, -0.25) is 14.5 Å². The van der Waals surface area contributed by atoms with Crippen molar-refractivity contribution in [3.63, 3.8) is 0 Å². The summed E-state index contributed by atoms with van der Waals surface area (Å²) in [7, 11) is 0. The molecule has 1 saturated heterocycles. The van der Waals surface area contributed by atoms with Crippen LogP contribution >= 0.6 is 47.2 Å². The summed E-state index contributed by atoms with van der Waals surface area (Å²) in [5.74, 6) is -0.443. The van der Waals surface area contributed by atoms with Gasteiger partial charge in [-0.1, -0.05) is 77.5 Å². The number of hydrogen-bond donors (Lipinski definition) is 1. The Kier molecular flexibility index (Phi) is 6.55. The largest absolute Gasteiger partial charge is 0.326 e. The second-order valence-electron chi connectivity index (χ2n) is 5.70. The number of anilines is 1. The zero-order valence-corrected chi connectivity index (χ0v) is 17.1. The summed E-state index contributed by atoms with van der Waals surface area (Å²) in [6.45, 7) is 0.205. The molecule has 3 rings (SSSR count). The van der Waals surface area contributed by atoms with Crippen LogP contribution in [0.5, 0.6) is 0 Å². The Labute approximate surface area is 176 Å². The second-order valence-corrected chi connectivity index (χ2v) is 8.25. The van der Waals surface area contributed by atoms with Crippen molar-refractivity contribution in [3.8, 4) is 0 Å². The van der Waals surface area contributed by atoms with E-state index in [0.717, 1.165) is 5.56 Å². The Hall–Kier alpha value is -1.86. The fourth-order valence-electron chi connectivity index (χ4n) is 2.46. The maximum Gasteiger partial charge on any atom is 0.266 e. The predicted octanol–water partition coefficient (Wildman–Crippen LogP) is 5.22. The average molecular weight is 437 g/mol. The molecule has 0 atom stereocenters. The molecule has 0 aliphatic carbocycles. The molecule has 0 aromatic heterocycles. The van der Waals surface area contributed by atoms with Gasteiger partial charge >= 0.3 is 0 Å². The molecule has 0 bridgehead atoms. The first kappa shape index (κ1) is 19.9. The highest BCUT2D eigenvalue weighted by Gasteiger charge is 2.32. The van der Waals surface area contributed by atoms with Crippen LogP contribution in [0.3, 0.4) is 0 Å². The predicted molar refractivity (Wildman–Crippen MR) is 116 cm³/mol. The molecule has 0 radical (unpaired) electrons. The molecule has 1 aliphatic rings. The first-order chi connectivity index (χ1) is 12.9. The van der Waals surface area contributed by atoms with E-state index in [-0.39, 0.29) is 24.8 Å². The molecule has 27 heavy (non-hydrogen) atoms. The molecule has 1 fully saturated rings. The van der Waals surface area contributed by atoms with Gasteiger partial charge in [-0.25, -0.2) is 0 Å². The van der Waals surface area contributed by atoms with Crippen LogP contribution < -0.4 is 5.32 Å². The van der Waals surface area contributed by atoms with E-state index in [1.807, 2.05) is 30.3 Å². The molecule has 1 N–H and O–H groups in total. The van der Waals surface area contributed by atoms with E-state index in [1.54, 1.807) is 24.3 Å². The third-order valence-electron chi connectivity index (χ3n) is 3.68. The first-order valence-electron chi connectivity index (χ1n) is 7.99. The van der Waals surface area contributed by atoms with Crippen molar-refractivity contribution in [2.75, 3.05) is 11.9 Å². The van der Waals surface area contributed by atoms with Gasteiger partial charge in [-0.15, -0.1) is 0 Å². The minimum atomic E-state index is -0.255. The number of thioether (sulfide) groups is 1. The lowest BCUT2D eigenvalue weighted by Crippen LogP contribution is -2.31. The van der Waals surface area contributed by atoms with Gasteiger partial charge in [0.05, 0.1) is 4.91 Å². The fourth-order valence-corrected chi connectivity index (χ4v) is 4.29. The van der Waals surface area contributed by atoms with E-state index >= 15 is 0 Å². The third kappa shape index (κ3) is 5.32. The van der Waals surface area contributed by atoms with Gasteiger partial charge in [0, 0.05) is 28.7 Å². The van der Waals surface area contributed by atoms with Crippen molar-refractivity contribution in [1.82, 2.24) is 4.90 Å². The first-order valence-corrected chi connectivity index (χ1v) is 9.97. The number of carbonyl (C=O) groups excluding carboxylic acids is 2. The van der Waals surface area contributed by atoms with Crippen molar-refractivity contribution >= 4 is 75.1 Å². The van der Waals surface area contributed by atoms with E-state index in [1.165, 1.54) is 16.7 Å². The van der Waals surface area contributed by atoms with E-state index in [0.29, 0.717) is 25.0 Å². The number of rotatable bonds is 5. The van der Waals surface area contributed by atoms with Gasteiger partial charge in [-0.2, -0.15) is 0 Å². The number of benzene rings is 2. The average Bonchev–Trinajstić information content (AvgIpc) is 2.86. The van der Waals surface area contributed by atoms with Crippen LogP contribution in [0.15, 0.2) is 53.4 Å². The summed E-state index contributed by atoms with van der Waals surface area (Å²) in [5.41, 5.74) is 1.43. The fraction of sp³-hybridized carbons (Fsp3) is 0.105. The number of carbonyl (C=O) groups is 2. The Balaban J connectivity index is 1.60. The number of nitrogens with one attached hydrogen (secondary N) is 1. The molecule has 0 saturated carbocycles. The zero-order chi connectivity index (χ0) is 19.4. The van der Waals surface area contributed by atoms with E-state index in [9.17, 15) is 9.59 Å². The molecule has 2 aromatic carbocycles. The number of nitrogens with zero attached hydrogens (tertiary/aromatic N) is 1. The van der Waals surface area contributed by atoms with Gasteiger partial charge < -0.3 is 5.32 Å². The van der Waals surface area contributed by atoms with E-state index < -0.39 is 0 Å². The van der Waals surface area contributed by atoms with Crippen LogP contribution in [-0.4, -0.2) is 27.6 Å². The molecule has 1 aliphatic heterocycles. The van der Waals surface area contributed by atoms with Crippen LogP contribution in [0.25, 0.3) is 6.08 Å². The Morgan fingerprint density at radius 1 is 1.15 bits per heavy atom. The molecular formula is C19H14Cl2N2O2S2. The van der Waals surface area contributed by atoms with Crippen LogP contribution in [-0.2, 0) is 9.59 Å². The van der Waals surface area contributed by atoms with Crippen molar-refractivity contribution in [3.05, 3.63) is 69.0 Å². The lowest BCUT2D eigenvalue weighted by Gasteiger charge is -2.14. The molecule has 8 heteroatoms. The highest BCUT2D eigenvalue weighted by atomic mass is 35.5. The zero-order valence-electron chi connectivity index (χ0n) is 13.9. The normalized spacial score (nSPS) is 15.5. The minimum Gasteiger partial charge on any atom is -0.326 e. The van der Waals surface area contributed by atoms with Gasteiger partial charge in [0.15, 0.2) is 0 Å². The van der Waals surface area contributed by atoms with Crippen LogP contribution in [0.2, 0.25) is 10.0 Å². The van der Waals surface area contributed by atoms with Crippen LogP contribution in [0.4, 0.5) is 5.69 Å². The van der Waals surface area contributed by atoms with Crippen molar-refractivity contribution < 1.29 is 9.59 Å². The maximum absolute atomic E-state index is 12.6. The molecular weight excluding hydrogens is 423 g/mol. The summed E-state index contributed by atoms with van der Waals surface area (Å²) in [5, 5.41) is 3.58. The quantitative estimate of drug-likeness (QED) is 0.515. The molecule has 2 aromatic rings. The number of amides is 2. The standard InChI is InChI=1S/C19H14Cl2N2O2S2/c20-13-9-14(21)11-15(10-13)22-17(24)6-7-23-18(25)16(27-19(23)26)8-12-4-2-1-3-5-12/h1-5,8-11H,6-7H2,(H,22,24). The van der Waals surface area contributed by atoms with E-state index in [4.69, 9.17) is 35.4 Å². The summed E-state index contributed by atoms with van der Waals surface area (Å²) < 4.78 is 0.445. The lowest BCUT2D eigenvalue weighted by atomic mass is 10.2. The van der Waals surface area contributed by atoms with Crippen molar-refractivity contribution in [1.29, 1.82) is 0 Å². The van der Waals surface area contributed by atoms with E-state index in [2.05, 4.69) is 5.32 Å². The molecule has 4 nitrogen and oxygen atoms in total. The number of halogens is 2. The number of thiocarbonyl (C=S) groups is 1. The molecule has 0 spiro atoms. The van der Waals surface area contributed by atoms with Gasteiger partial charge in [0.2, 0.25) is 5.91 Å². The topological polar surface area (TPSA) is 49.4 Å². The Morgan fingerprint density at radius 2 is 1.81 bits per heavy atom. The Morgan fingerprint density at radius 3 is 2.48 bits per heavy atom. The van der Waals surface area contributed by atoms with Crippen molar-refractivity contribution in [2.24, 2.45) is 0 Å². The number of hydrogen-bond acceptors (Lipinski definition) is 4. The summed E-state index contributed by atoms with van der Waals surface area (Å²) in [6.07, 6.45) is 1.91.